The van der Waals surface area contributed by atoms with Gasteiger partial charge in [0.15, 0.2) is 0 Å². The van der Waals surface area contributed by atoms with Crippen molar-refractivity contribution in [2.75, 3.05) is 26.2 Å². The number of rotatable bonds is 2. The third-order valence-corrected chi connectivity index (χ3v) is 8.12. The van der Waals surface area contributed by atoms with E-state index in [1.807, 2.05) is 17.0 Å². The van der Waals surface area contributed by atoms with Gasteiger partial charge in [-0.1, -0.05) is 24.6 Å². The van der Waals surface area contributed by atoms with E-state index in [2.05, 4.69) is 17.1 Å². The first-order valence-corrected chi connectivity index (χ1v) is 13.0. The Bertz CT molecular complexity index is 1230. The number of amides is 2. The predicted octanol–water partition coefficient (Wildman–Crippen LogP) is 1.94. The van der Waals surface area contributed by atoms with Crippen molar-refractivity contribution < 1.29 is 14.3 Å². The maximum absolute atomic E-state index is 14.0. The molecule has 9 nitrogen and oxygen atoms in total. The van der Waals surface area contributed by atoms with E-state index in [1.54, 1.807) is 4.90 Å². The number of para-hydroxylation sites is 1. The molecule has 1 atom stereocenters. The van der Waals surface area contributed by atoms with E-state index in [4.69, 9.17) is 4.74 Å². The van der Waals surface area contributed by atoms with Gasteiger partial charge < -0.3 is 14.5 Å². The second-order valence-corrected chi connectivity index (χ2v) is 10.3. The minimum atomic E-state index is -0.595. The summed E-state index contributed by atoms with van der Waals surface area (Å²) in [5.41, 5.74) is -0.324. The summed E-state index contributed by atoms with van der Waals surface area (Å²) in [6.45, 7) is 2.12. The molecule has 36 heavy (non-hydrogen) atoms. The first kappa shape index (κ1) is 24.3. The van der Waals surface area contributed by atoms with E-state index in [0.717, 1.165) is 50.8 Å². The number of carbonyl (C=O) groups is 2. The summed E-state index contributed by atoms with van der Waals surface area (Å²) in [6.07, 6.45) is 8.19. The predicted molar refractivity (Wildman–Crippen MR) is 134 cm³/mol. The third-order valence-electron chi connectivity index (χ3n) is 8.12. The Morgan fingerprint density at radius 3 is 2.61 bits per heavy atom. The number of fused-ring (bicyclic) bond motifs is 2. The highest BCUT2D eigenvalue weighted by Crippen LogP contribution is 2.41. The van der Waals surface area contributed by atoms with Gasteiger partial charge in [-0.2, -0.15) is 0 Å². The number of ether oxygens (including phenoxy) is 1. The van der Waals surface area contributed by atoms with Crippen LogP contribution in [0.3, 0.4) is 0 Å². The number of hydrogen-bond acceptors (Lipinski definition) is 5. The summed E-state index contributed by atoms with van der Waals surface area (Å²) in [4.78, 5) is 56.2. The van der Waals surface area contributed by atoms with Gasteiger partial charge in [0.25, 0.3) is 5.56 Å². The van der Waals surface area contributed by atoms with Gasteiger partial charge in [0.05, 0.1) is 11.5 Å². The van der Waals surface area contributed by atoms with Crippen molar-refractivity contribution >= 4 is 11.8 Å². The van der Waals surface area contributed by atoms with Gasteiger partial charge in [0, 0.05) is 31.9 Å². The van der Waals surface area contributed by atoms with E-state index in [9.17, 15) is 19.2 Å². The molecule has 0 unspecified atom stereocenters. The summed E-state index contributed by atoms with van der Waals surface area (Å²) in [7, 11) is 0. The summed E-state index contributed by atoms with van der Waals surface area (Å²) < 4.78 is 7.43. The molecule has 9 heteroatoms. The van der Waals surface area contributed by atoms with Crippen LogP contribution in [0.4, 0.5) is 0 Å². The van der Waals surface area contributed by atoms with Gasteiger partial charge in [-0.05, 0) is 56.6 Å². The van der Waals surface area contributed by atoms with Gasteiger partial charge >= 0.3 is 5.69 Å². The molecule has 0 bridgehead atoms. The Morgan fingerprint density at radius 1 is 1.00 bits per heavy atom. The van der Waals surface area contributed by atoms with Crippen molar-refractivity contribution in [3.63, 3.8) is 0 Å². The Morgan fingerprint density at radius 2 is 1.81 bits per heavy atom. The minimum absolute atomic E-state index is 0.0774. The number of H-pyrrole nitrogens is 1. The fourth-order valence-corrected chi connectivity index (χ4v) is 5.97. The molecule has 3 aliphatic rings. The number of nitrogens with zero attached hydrogens (tertiary/aromatic N) is 3. The van der Waals surface area contributed by atoms with E-state index in [1.165, 1.54) is 22.4 Å². The number of carbonyl (C=O) groups excluding carboxylic acids is 2. The molecule has 2 aromatic rings. The average Bonchev–Trinajstić information content (AvgIpc) is 3.35. The molecule has 0 aliphatic carbocycles. The quantitative estimate of drug-likeness (QED) is 0.687. The molecule has 2 amide bonds. The number of aryl methyl sites for hydroxylation is 1. The standard InChI is InChI=1S/C27H34N4O5/c32-23-10-15-30(26(35)28-23)18-24(33)29-16-12-27(13-17-29)11-4-3-7-20-6-1-2-9-22(20)36-19-21-8-5-14-31(21)25(27)34/h1-2,6,9-10,15,21H,3-5,7-8,11-14,16-19H2,(H,28,32,35)/t21-/m0/s1. The highest BCUT2D eigenvalue weighted by Gasteiger charge is 2.46. The molecule has 192 valence electrons. The number of benzene rings is 1. The lowest BCUT2D eigenvalue weighted by atomic mass is 9.73. The molecule has 5 rings (SSSR count). The van der Waals surface area contributed by atoms with Crippen LogP contribution in [0.25, 0.3) is 0 Å². The lowest BCUT2D eigenvalue weighted by molar-refractivity contribution is -0.150. The molecule has 1 aromatic carbocycles. The van der Waals surface area contributed by atoms with E-state index in [0.29, 0.717) is 32.5 Å². The van der Waals surface area contributed by atoms with Gasteiger partial charge in [-0.3, -0.25) is 23.9 Å². The molecule has 4 heterocycles. The van der Waals surface area contributed by atoms with Gasteiger partial charge in [-0.25, -0.2) is 4.79 Å². The lowest BCUT2D eigenvalue weighted by Gasteiger charge is -2.44. The van der Waals surface area contributed by atoms with Crippen LogP contribution >= 0.6 is 0 Å². The zero-order chi connectivity index (χ0) is 25.1. The lowest BCUT2D eigenvalue weighted by Crippen LogP contribution is -2.53. The Balaban J connectivity index is 1.30. The van der Waals surface area contributed by atoms with Crippen LogP contribution in [0.1, 0.15) is 50.5 Å². The van der Waals surface area contributed by atoms with Crippen LogP contribution in [0.5, 0.6) is 5.75 Å². The molecule has 1 aromatic heterocycles. The smallest absolute Gasteiger partial charge is 0.328 e. The Labute approximate surface area is 210 Å². The molecule has 2 saturated heterocycles. The van der Waals surface area contributed by atoms with Crippen molar-refractivity contribution in [2.45, 2.75) is 64.0 Å². The monoisotopic (exact) mass is 494 g/mol. The normalized spacial score (nSPS) is 22.2. The molecule has 0 saturated carbocycles. The maximum atomic E-state index is 14.0. The van der Waals surface area contributed by atoms with Crippen LogP contribution in [-0.2, 0) is 22.6 Å². The van der Waals surface area contributed by atoms with Crippen LogP contribution in [0, 0.1) is 5.41 Å². The number of piperidine rings is 1. The number of aromatic nitrogens is 2. The summed E-state index contributed by atoms with van der Waals surface area (Å²) >= 11 is 0. The van der Waals surface area contributed by atoms with E-state index < -0.39 is 16.7 Å². The van der Waals surface area contributed by atoms with Crippen molar-refractivity contribution in [3.8, 4) is 5.75 Å². The topological polar surface area (TPSA) is 105 Å². The van der Waals surface area contributed by atoms with Crippen LogP contribution in [0.2, 0.25) is 0 Å². The summed E-state index contributed by atoms with van der Waals surface area (Å²) in [5, 5.41) is 0. The number of hydrogen-bond donors (Lipinski definition) is 1. The molecule has 1 N–H and O–H groups in total. The molecule has 0 radical (unpaired) electrons. The fraction of sp³-hybridized carbons (Fsp3) is 0.556. The zero-order valence-corrected chi connectivity index (χ0v) is 20.6. The molecular formula is C27H34N4O5. The van der Waals surface area contributed by atoms with E-state index >= 15 is 0 Å². The first-order chi connectivity index (χ1) is 17.4. The molecular weight excluding hydrogens is 460 g/mol. The summed E-state index contributed by atoms with van der Waals surface area (Å²) in [6, 6.07) is 9.52. The molecule has 3 aliphatic heterocycles. The minimum Gasteiger partial charge on any atom is -0.491 e. The Kier molecular flexibility index (Phi) is 6.98. The van der Waals surface area contributed by atoms with Crippen molar-refractivity contribution in [2.24, 2.45) is 5.41 Å². The van der Waals surface area contributed by atoms with E-state index in [-0.39, 0.29) is 24.4 Å². The summed E-state index contributed by atoms with van der Waals surface area (Å²) in [5.74, 6) is 0.968. The van der Waals surface area contributed by atoms with Gasteiger partial charge in [0.2, 0.25) is 11.8 Å². The highest BCUT2D eigenvalue weighted by molar-refractivity contribution is 5.84. The largest absolute Gasteiger partial charge is 0.491 e. The average molecular weight is 495 g/mol. The molecule has 1 spiro atoms. The first-order valence-electron chi connectivity index (χ1n) is 13.0. The highest BCUT2D eigenvalue weighted by atomic mass is 16.5. The SMILES string of the molecule is O=C(Cn1ccc(=O)[nH]c1=O)N1CCC2(CCCCc3ccccc3OC[C@@H]3CCCN3C2=O)CC1. The van der Waals surface area contributed by atoms with Crippen molar-refractivity contribution in [1.29, 1.82) is 0 Å². The second kappa shape index (κ2) is 10.3. The zero-order valence-electron chi connectivity index (χ0n) is 20.6. The van der Waals surface area contributed by atoms with Gasteiger partial charge in [-0.15, -0.1) is 0 Å². The van der Waals surface area contributed by atoms with Crippen LogP contribution in [-0.4, -0.2) is 63.4 Å². The van der Waals surface area contributed by atoms with Gasteiger partial charge in [0.1, 0.15) is 18.9 Å². The maximum Gasteiger partial charge on any atom is 0.328 e. The number of likely N-dealkylation sites (tertiary alicyclic amines) is 1. The molecule has 2 fully saturated rings. The number of aromatic amines is 1. The van der Waals surface area contributed by atoms with Crippen LogP contribution < -0.4 is 16.0 Å². The second-order valence-electron chi connectivity index (χ2n) is 10.3. The fourth-order valence-electron chi connectivity index (χ4n) is 5.97. The Hall–Kier alpha value is -3.36. The third kappa shape index (κ3) is 4.96. The van der Waals surface area contributed by atoms with Crippen molar-refractivity contribution in [3.05, 3.63) is 62.9 Å². The van der Waals surface area contributed by atoms with Crippen LogP contribution in [0.15, 0.2) is 46.1 Å². The van der Waals surface area contributed by atoms with Crippen molar-refractivity contribution in [1.82, 2.24) is 19.4 Å². The number of nitrogens with one attached hydrogen (secondary N) is 1.